The summed E-state index contributed by atoms with van der Waals surface area (Å²) in [5, 5.41) is 13.6. The minimum absolute atomic E-state index is 0.00228. The third-order valence-electron chi connectivity index (χ3n) is 7.60. The third kappa shape index (κ3) is 3.24. The van der Waals surface area contributed by atoms with Gasteiger partial charge in [0.25, 0.3) is 5.56 Å². The minimum atomic E-state index is -0.386. The van der Waals surface area contributed by atoms with Gasteiger partial charge in [-0.05, 0) is 49.6 Å². The molecule has 0 radical (unpaired) electrons. The Kier molecular flexibility index (Phi) is 5.51. The van der Waals surface area contributed by atoms with E-state index in [0.717, 1.165) is 18.5 Å². The molecule has 2 N–H and O–H groups in total. The van der Waals surface area contributed by atoms with Crippen molar-refractivity contribution in [3.05, 3.63) is 75.2 Å². The van der Waals surface area contributed by atoms with E-state index < -0.39 is 0 Å². The number of rotatable bonds is 5. The molecule has 1 amide bonds. The lowest BCUT2D eigenvalue weighted by atomic mass is 9.88. The molecule has 0 unspecified atom stereocenters. The number of allylic oxidation sites excluding steroid dienone is 1. The molecule has 1 aliphatic carbocycles. The number of amides is 1. The molecule has 5 rings (SSSR count). The molecule has 168 valence electrons. The number of carbonyl (C=O) groups is 1. The number of nitrogens with one attached hydrogen (secondary N) is 1. The standard InChI is InChI=1S/C26H31N3O3/c1-3-7-16-10-11-22-23-20(14-29(22)26(16)32)21(15-30)24(28(23)4-2)25(31)27-19-12-17-8-5-6-9-18(17)13-19/h3,5-11,19-21,23-24,30H,4,12-15H2,1-2H3,(H,27,31)/b7-3-/t20-,21-,23+,24-/m1/s1. The van der Waals surface area contributed by atoms with Crippen LogP contribution in [0.5, 0.6) is 0 Å². The van der Waals surface area contributed by atoms with Gasteiger partial charge in [-0.2, -0.15) is 0 Å². The topological polar surface area (TPSA) is 74.6 Å². The molecule has 3 heterocycles. The highest BCUT2D eigenvalue weighted by Crippen LogP contribution is 2.49. The molecular weight excluding hydrogens is 402 g/mol. The number of nitrogens with zero attached hydrogens (tertiary/aromatic N) is 2. The second-order valence-electron chi connectivity index (χ2n) is 9.24. The smallest absolute Gasteiger partial charge is 0.258 e. The number of benzene rings is 1. The van der Waals surface area contributed by atoms with Crippen LogP contribution in [0.25, 0.3) is 6.08 Å². The Morgan fingerprint density at radius 1 is 1.19 bits per heavy atom. The van der Waals surface area contributed by atoms with Gasteiger partial charge in [0.15, 0.2) is 0 Å². The summed E-state index contributed by atoms with van der Waals surface area (Å²) >= 11 is 0. The second-order valence-corrected chi connectivity index (χ2v) is 9.24. The molecule has 0 spiro atoms. The molecule has 1 saturated heterocycles. The predicted molar refractivity (Wildman–Crippen MR) is 124 cm³/mol. The maximum atomic E-state index is 13.5. The zero-order chi connectivity index (χ0) is 22.4. The van der Waals surface area contributed by atoms with Gasteiger partial charge in [0.1, 0.15) is 0 Å². The molecule has 6 nitrogen and oxygen atoms in total. The van der Waals surface area contributed by atoms with Crippen LogP contribution in [0, 0.1) is 11.8 Å². The van der Waals surface area contributed by atoms with Crippen molar-refractivity contribution >= 4 is 12.0 Å². The minimum Gasteiger partial charge on any atom is -0.396 e. The van der Waals surface area contributed by atoms with Gasteiger partial charge in [0.2, 0.25) is 5.91 Å². The molecule has 32 heavy (non-hydrogen) atoms. The average Bonchev–Trinajstić information content (AvgIpc) is 3.45. The molecule has 1 aromatic carbocycles. The van der Waals surface area contributed by atoms with Gasteiger partial charge in [0.05, 0.1) is 12.1 Å². The first-order chi connectivity index (χ1) is 15.6. The second kappa shape index (κ2) is 8.34. The van der Waals surface area contributed by atoms with Crippen molar-refractivity contribution in [1.82, 2.24) is 14.8 Å². The van der Waals surface area contributed by atoms with Crippen molar-refractivity contribution in [2.75, 3.05) is 13.2 Å². The number of aliphatic hydroxyl groups is 1. The zero-order valence-electron chi connectivity index (χ0n) is 18.7. The molecule has 1 fully saturated rings. The fourth-order valence-electron chi connectivity index (χ4n) is 6.25. The Morgan fingerprint density at radius 3 is 2.53 bits per heavy atom. The highest BCUT2D eigenvalue weighted by molar-refractivity contribution is 5.83. The Morgan fingerprint density at radius 2 is 1.91 bits per heavy atom. The summed E-state index contributed by atoms with van der Waals surface area (Å²) < 4.78 is 1.84. The number of hydrogen-bond acceptors (Lipinski definition) is 4. The number of carbonyl (C=O) groups excluding carboxylic acids is 1. The third-order valence-corrected chi connectivity index (χ3v) is 7.60. The van der Waals surface area contributed by atoms with Gasteiger partial charge in [-0.25, -0.2) is 0 Å². The quantitative estimate of drug-likeness (QED) is 0.758. The first-order valence-corrected chi connectivity index (χ1v) is 11.7. The van der Waals surface area contributed by atoms with Gasteiger partial charge in [-0.1, -0.05) is 43.3 Å². The Balaban J connectivity index is 1.41. The summed E-state index contributed by atoms with van der Waals surface area (Å²) in [6.45, 7) is 5.12. The average molecular weight is 434 g/mol. The van der Waals surface area contributed by atoms with Crippen molar-refractivity contribution in [3.8, 4) is 0 Å². The summed E-state index contributed by atoms with van der Waals surface area (Å²) in [6, 6.07) is 11.9. The highest BCUT2D eigenvalue weighted by Gasteiger charge is 2.55. The van der Waals surface area contributed by atoms with Crippen LogP contribution in [0.4, 0.5) is 0 Å². The Bertz CT molecular complexity index is 1100. The van der Waals surface area contributed by atoms with Gasteiger partial charge in [-0.15, -0.1) is 0 Å². The largest absolute Gasteiger partial charge is 0.396 e. The van der Waals surface area contributed by atoms with Crippen molar-refractivity contribution in [3.63, 3.8) is 0 Å². The molecule has 6 heteroatoms. The van der Waals surface area contributed by atoms with Crippen LogP contribution in [0.2, 0.25) is 0 Å². The van der Waals surface area contributed by atoms with Crippen LogP contribution >= 0.6 is 0 Å². The maximum Gasteiger partial charge on any atom is 0.258 e. The van der Waals surface area contributed by atoms with Crippen LogP contribution in [-0.2, 0) is 24.2 Å². The van der Waals surface area contributed by atoms with Gasteiger partial charge < -0.3 is 15.0 Å². The van der Waals surface area contributed by atoms with E-state index in [1.54, 1.807) is 0 Å². The Hall–Kier alpha value is -2.70. The molecule has 0 bridgehead atoms. The van der Waals surface area contributed by atoms with Crippen LogP contribution in [0.15, 0.2) is 47.3 Å². The van der Waals surface area contributed by atoms with Crippen molar-refractivity contribution in [1.29, 1.82) is 0 Å². The fourth-order valence-corrected chi connectivity index (χ4v) is 6.25. The summed E-state index contributed by atoms with van der Waals surface area (Å²) in [5.74, 6) is -0.157. The van der Waals surface area contributed by atoms with E-state index >= 15 is 0 Å². The Labute approximate surface area is 188 Å². The first-order valence-electron chi connectivity index (χ1n) is 11.7. The lowest BCUT2D eigenvalue weighted by Crippen LogP contribution is -2.51. The first kappa shape index (κ1) is 21.2. The SMILES string of the molecule is C/C=C\c1ccc2n(c1=O)C[C@@H]1[C@@H](CO)[C@H](C(=O)NC3Cc4ccccc4C3)N(CC)[C@H]21. The number of pyridine rings is 1. The normalized spacial score (nSPS) is 27.0. The lowest BCUT2D eigenvalue weighted by Gasteiger charge is -2.30. The predicted octanol–water partition coefficient (Wildman–Crippen LogP) is 2.15. The number of fused-ring (bicyclic) bond motifs is 4. The molecule has 4 atom stereocenters. The fraction of sp³-hybridized carbons (Fsp3) is 0.462. The van der Waals surface area contributed by atoms with E-state index in [4.69, 9.17) is 0 Å². The molecule has 2 aliphatic heterocycles. The molecule has 2 aromatic rings. The monoisotopic (exact) mass is 433 g/mol. The van der Waals surface area contributed by atoms with Gasteiger partial charge >= 0.3 is 0 Å². The van der Waals surface area contributed by atoms with E-state index in [2.05, 4.69) is 29.3 Å². The van der Waals surface area contributed by atoms with E-state index in [1.165, 1.54) is 11.1 Å². The van der Waals surface area contributed by atoms with Crippen molar-refractivity contribution < 1.29 is 9.90 Å². The van der Waals surface area contributed by atoms with Crippen LogP contribution in [0.1, 0.15) is 42.3 Å². The zero-order valence-corrected chi connectivity index (χ0v) is 18.7. The van der Waals surface area contributed by atoms with E-state index in [1.807, 2.05) is 47.9 Å². The number of likely N-dealkylation sites (N-methyl/N-ethyl adjacent to an activating group) is 1. The highest BCUT2D eigenvalue weighted by atomic mass is 16.3. The summed E-state index contributed by atoms with van der Waals surface area (Å²) in [6.07, 6.45) is 5.41. The number of aromatic nitrogens is 1. The van der Waals surface area contributed by atoms with Gasteiger partial charge in [0, 0.05) is 42.3 Å². The molecule has 3 aliphatic rings. The molecular formula is C26H31N3O3. The summed E-state index contributed by atoms with van der Waals surface area (Å²) in [5.41, 5.74) is 4.24. The molecule has 1 aromatic heterocycles. The van der Waals surface area contributed by atoms with Crippen LogP contribution in [-0.4, -0.2) is 45.7 Å². The van der Waals surface area contributed by atoms with Crippen molar-refractivity contribution in [2.45, 2.75) is 51.4 Å². The van der Waals surface area contributed by atoms with Crippen LogP contribution < -0.4 is 10.9 Å². The summed E-state index contributed by atoms with van der Waals surface area (Å²) in [7, 11) is 0. The summed E-state index contributed by atoms with van der Waals surface area (Å²) in [4.78, 5) is 28.7. The van der Waals surface area contributed by atoms with E-state index in [-0.39, 0.29) is 48.0 Å². The lowest BCUT2D eigenvalue weighted by molar-refractivity contribution is -0.128. The van der Waals surface area contributed by atoms with Crippen molar-refractivity contribution in [2.24, 2.45) is 11.8 Å². The number of hydrogen-bond donors (Lipinski definition) is 2. The van der Waals surface area contributed by atoms with Gasteiger partial charge in [-0.3, -0.25) is 14.5 Å². The maximum absolute atomic E-state index is 13.5. The number of likely N-dealkylation sites (tertiary alicyclic amines) is 1. The number of aliphatic hydroxyl groups excluding tert-OH is 1. The van der Waals surface area contributed by atoms with Crippen LogP contribution in [0.3, 0.4) is 0 Å². The molecule has 0 saturated carbocycles. The van der Waals surface area contributed by atoms with E-state index in [0.29, 0.717) is 18.7 Å². The van der Waals surface area contributed by atoms with E-state index in [9.17, 15) is 14.7 Å².